The minimum atomic E-state index is -0.138. The molecule has 0 radical (unpaired) electrons. The second kappa shape index (κ2) is 5.35. The number of carbonyl (C=O) groups excluding carboxylic acids is 1. The fraction of sp³-hybridized carbons (Fsp3) is 0.909. The Morgan fingerprint density at radius 3 is 2.36 bits per heavy atom. The lowest BCUT2D eigenvalue weighted by atomic mass is 9.91. The lowest BCUT2D eigenvalue weighted by Crippen LogP contribution is -2.49. The molecule has 1 saturated carbocycles. The van der Waals surface area contributed by atoms with Gasteiger partial charge in [-0.05, 0) is 12.8 Å². The smallest absolute Gasteiger partial charge is 0.219 e. The highest BCUT2D eigenvalue weighted by atomic mass is 16.1. The molecular formula is C11H22N2O. The van der Waals surface area contributed by atoms with E-state index in [1.807, 2.05) is 6.92 Å². The molecule has 0 aromatic heterocycles. The monoisotopic (exact) mass is 198 g/mol. The van der Waals surface area contributed by atoms with E-state index >= 15 is 0 Å². The molecule has 0 spiro atoms. The molecule has 0 bridgehead atoms. The molecule has 1 fully saturated rings. The van der Waals surface area contributed by atoms with E-state index < -0.39 is 0 Å². The molecule has 0 saturated heterocycles. The Balaban J connectivity index is 2.35. The maximum atomic E-state index is 11.1. The van der Waals surface area contributed by atoms with E-state index in [4.69, 9.17) is 5.73 Å². The van der Waals surface area contributed by atoms with Gasteiger partial charge < -0.3 is 11.1 Å². The van der Waals surface area contributed by atoms with Crippen LogP contribution < -0.4 is 11.1 Å². The zero-order valence-corrected chi connectivity index (χ0v) is 9.14. The molecule has 0 aromatic rings. The van der Waals surface area contributed by atoms with Crippen molar-refractivity contribution in [3.63, 3.8) is 0 Å². The van der Waals surface area contributed by atoms with Gasteiger partial charge in [-0.3, -0.25) is 4.79 Å². The quantitative estimate of drug-likeness (QED) is 0.676. The van der Waals surface area contributed by atoms with E-state index in [0.717, 1.165) is 12.8 Å². The van der Waals surface area contributed by atoms with Gasteiger partial charge in [0.15, 0.2) is 0 Å². The first-order valence-electron chi connectivity index (χ1n) is 5.72. The zero-order valence-electron chi connectivity index (χ0n) is 9.14. The highest BCUT2D eigenvalue weighted by molar-refractivity contribution is 5.75. The minimum absolute atomic E-state index is 0.110. The second-order valence-electron chi connectivity index (χ2n) is 4.41. The summed E-state index contributed by atoms with van der Waals surface area (Å²) < 4.78 is 0. The van der Waals surface area contributed by atoms with Crippen molar-refractivity contribution in [3.05, 3.63) is 0 Å². The van der Waals surface area contributed by atoms with Crippen molar-refractivity contribution >= 4 is 5.91 Å². The van der Waals surface area contributed by atoms with Crippen molar-refractivity contribution < 1.29 is 4.79 Å². The van der Waals surface area contributed by atoms with Crippen LogP contribution in [0, 0.1) is 0 Å². The predicted molar refractivity (Wildman–Crippen MR) is 57.9 cm³/mol. The third-order valence-electron chi connectivity index (χ3n) is 3.06. The largest absolute Gasteiger partial charge is 0.354 e. The van der Waals surface area contributed by atoms with Crippen LogP contribution in [0.1, 0.15) is 51.9 Å². The summed E-state index contributed by atoms with van der Waals surface area (Å²) in [6.07, 6.45) is 7.66. The first-order chi connectivity index (χ1) is 6.66. The lowest BCUT2D eigenvalue weighted by molar-refractivity contribution is -0.121. The van der Waals surface area contributed by atoms with Gasteiger partial charge >= 0.3 is 0 Å². The maximum absolute atomic E-state index is 11.1. The van der Waals surface area contributed by atoms with Crippen LogP contribution in [0.5, 0.6) is 0 Å². The SMILES string of the molecule is CCC(=O)NCC1(N)CCCCCC1. The zero-order chi connectivity index (χ0) is 10.4. The van der Waals surface area contributed by atoms with E-state index in [9.17, 15) is 4.79 Å². The van der Waals surface area contributed by atoms with E-state index in [2.05, 4.69) is 5.32 Å². The number of hydrogen-bond donors (Lipinski definition) is 2. The highest BCUT2D eigenvalue weighted by Gasteiger charge is 2.26. The summed E-state index contributed by atoms with van der Waals surface area (Å²) in [6, 6.07) is 0. The highest BCUT2D eigenvalue weighted by Crippen LogP contribution is 2.24. The molecule has 3 N–H and O–H groups in total. The topological polar surface area (TPSA) is 55.1 Å². The maximum Gasteiger partial charge on any atom is 0.219 e. The average Bonchev–Trinajstić information content (AvgIpc) is 2.40. The Bertz CT molecular complexity index is 184. The third-order valence-corrected chi connectivity index (χ3v) is 3.06. The molecule has 14 heavy (non-hydrogen) atoms. The minimum Gasteiger partial charge on any atom is -0.354 e. The van der Waals surface area contributed by atoms with E-state index in [-0.39, 0.29) is 11.4 Å². The first kappa shape index (κ1) is 11.5. The van der Waals surface area contributed by atoms with Crippen LogP contribution in [0.15, 0.2) is 0 Å². The van der Waals surface area contributed by atoms with Gasteiger partial charge in [0.25, 0.3) is 0 Å². The van der Waals surface area contributed by atoms with Crippen molar-refractivity contribution in [2.75, 3.05) is 6.54 Å². The molecule has 0 atom stereocenters. The number of rotatable bonds is 3. The van der Waals surface area contributed by atoms with Gasteiger partial charge in [-0.1, -0.05) is 32.6 Å². The van der Waals surface area contributed by atoms with Gasteiger partial charge in [-0.25, -0.2) is 0 Å². The van der Waals surface area contributed by atoms with Gasteiger partial charge in [-0.15, -0.1) is 0 Å². The Hall–Kier alpha value is -0.570. The summed E-state index contributed by atoms with van der Waals surface area (Å²) in [4.78, 5) is 11.1. The van der Waals surface area contributed by atoms with Crippen LogP contribution in [0.25, 0.3) is 0 Å². The summed E-state index contributed by atoms with van der Waals surface area (Å²) in [6.45, 7) is 2.52. The van der Waals surface area contributed by atoms with Crippen LogP contribution in [0.3, 0.4) is 0 Å². The van der Waals surface area contributed by atoms with Gasteiger partial charge in [0.1, 0.15) is 0 Å². The Morgan fingerprint density at radius 2 is 1.86 bits per heavy atom. The number of nitrogens with one attached hydrogen (secondary N) is 1. The second-order valence-corrected chi connectivity index (χ2v) is 4.41. The van der Waals surface area contributed by atoms with Crippen LogP contribution in [0.4, 0.5) is 0 Å². The molecular weight excluding hydrogens is 176 g/mol. The summed E-state index contributed by atoms with van der Waals surface area (Å²) in [5.74, 6) is 0.110. The summed E-state index contributed by atoms with van der Waals surface area (Å²) in [7, 11) is 0. The van der Waals surface area contributed by atoms with Crippen LogP contribution in [-0.4, -0.2) is 18.0 Å². The van der Waals surface area contributed by atoms with Crippen molar-refractivity contribution in [1.29, 1.82) is 0 Å². The molecule has 3 heteroatoms. The van der Waals surface area contributed by atoms with Crippen LogP contribution >= 0.6 is 0 Å². The Kier molecular flexibility index (Phi) is 4.39. The van der Waals surface area contributed by atoms with Crippen LogP contribution in [0.2, 0.25) is 0 Å². The molecule has 0 unspecified atom stereocenters. The van der Waals surface area contributed by atoms with E-state index in [0.29, 0.717) is 13.0 Å². The van der Waals surface area contributed by atoms with Crippen LogP contribution in [-0.2, 0) is 4.79 Å². The Morgan fingerprint density at radius 1 is 1.29 bits per heavy atom. The number of carbonyl (C=O) groups is 1. The molecule has 0 aromatic carbocycles. The molecule has 0 aliphatic heterocycles. The molecule has 1 aliphatic carbocycles. The number of amides is 1. The normalized spacial score (nSPS) is 21.3. The first-order valence-corrected chi connectivity index (χ1v) is 5.72. The standard InChI is InChI=1S/C11H22N2O/c1-2-10(14)13-9-11(12)7-5-3-4-6-8-11/h2-9,12H2,1H3,(H,13,14). The summed E-state index contributed by atoms with van der Waals surface area (Å²) >= 11 is 0. The average molecular weight is 198 g/mol. The summed E-state index contributed by atoms with van der Waals surface area (Å²) in [5, 5.41) is 2.91. The molecule has 0 heterocycles. The number of nitrogens with two attached hydrogens (primary N) is 1. The molecule has 1 rings (SSSR count). The van der Waals surface area contributed by atoms with Crippen molar-refractivity contribution in [2.45, 2.75) is 57.4 Å². The van der Waals surface area contributed by atoms with Crippen molar-refractivity contribution in [1.82, 2.24) is 5.32 Å². The van der Waals surface area contributed by atoms with Crippen molar-refractivity contribution in [2.24, 2.45) is 5.73 Å². The molecule has 1 aliphatic rings. The molecule has 3 nitrogen and oxygen atoms in total. The lowest BCUT2D eigenvalue weighted by Gasteiger charge is -2.28. The van der Waals surface area contributed by atoms with Crippen molar-refractivity contribution in [3.8, 4) is 0 Å². The van der Waals surface area contributed by atoms with E-state index in [1.54, 1.807) is 0 Å². The van der Waals surface area contributed by atoms with Gasteiger partial charge in [0, 0.05) is 18.5 Å². The van der Waals surface area contributed by atoms with E-state index in [1.165, 1.54) is 25.7 Å². The van der Waals surface area contributed by atoms with Gasteiger partial charge in [-0.2, -0.15) is 0 Å². The van der Waals surface area contributed by atoms with Gasteiger partial charge in [0.2, 0.25) is 5.91 Å². The predicted octanol–water partition coefficient (Wildman–Crippen LogP) is 1.56. The van der Waals surface area contributed by atoms with Gasteiger partial charge in [0.05, 0.1) is 0 Å². The molecule has 1 amide bonds. The fourth-order valence-corrected chi connectivity index (χ4v) is 2.01. The third kappa shape index (κ3) is 3.66. The molecule has 82 valence electrons. The fourth-order valence-electron chi connectivity index (χ4n) is 2.01. The summed E-state index contributed by atoms with van der Waals surface area (Å²) in [5.41, 5.74) is 6.11. The number of hydrogen-bond acceptors (Lipinski definition) is 2. The Labute approximate surface area is 86.4 Å².